The average molecular weight is 438 g/mol. The molecule has 0 aliphatic heterocycles. The van der Waals surface area contributed by atoms with Gasteiger partial charge >= 0.3 is 0 Å². The van der Waals surface area contributed by atoms with Crippen molar-refractivity contribution < 1.29 is 4.79 Å². The summed E-state index contributed by atoms with van der Waals surface area (Å²) < 4.78 is 1.32. The molecule has 0 aromatic carbocycles. The van der Waals surface area contributed by atoms with Crippen molar-refractivity contribution in [3.05, 3.63) is 79.5 Å². The Kier molecular flexibility index (Phi) is 7.53. The van der Waals surface area contributed by atoms with Gasteiger partial charge in [0.25, 0.3) is 11.5 Å². The van der Waals surface area contributed by atoms with Crippen molar-refractivity contribution in [3.63, 3.8) is 0 Å². The Labute approximate surface area is 190 Å². The number of aromatic nitrogens is 1. The highest BCUT2D eigenvalue weighted by molar-refractivity contribution is 7.07. The lowest BCUT2D eigenvalue weighted by atomic mass is 9.72. The van der Waals surface area contributed by atoms with E-state index in [0.29, 0.717) is 0 Å². The minimum absolute atomic E-state index is 0.117. The summed E-state index contributed by atoms with van der Waals surface area (Å²) in [6.07, 6.45) is 19.5. The molecule has 2 aliphatic carbocycles. The molecular formula is C27H35NO2S. The van der Waals surface area contributed by atoms with Crippen LogP contribution in [0.3, 0.4) is 0 Å². The van der Waals surface area contributed by atoms with Gasteiger partial charge in [-0.05, 0) is 82.3 Å². The van der Waals surface area contributed by atoms with E-state index < -0.39 is 0 Å². The first-order chi connectivity index (χ1) is 14.7. The molecule has 0 saturated heterocycles. The van der Waals surface area contributed by atoms with Crippen LogP contribution in [0.5, 0.6) is 0 Å². The van der Waals surface area contributed by atoms with Crippen molar-refractivity contribution in [1.82, 2.24) is 3.96 Å². The van der Waals surface area contributed by atoms with Crippen LogP contribution in [0.25, 0.3) is 0 Å². The monoisotopic (exact) mass is 437 g/mol. The Hall–Kier alpha value is -2.20. The molecule has 1 aromatic rings. The number of hydrogen-bond donors (Lipinski definition) is 0. The van der Waals surface area contributed by atoms with Crippen LogP contribution in [0.1, 0.15) is 82.0 Å². The van der Waals surface area contributed by atoms with E-state index >= 15 is 0 Å². The van der Waals surface area contributed by atoms with Crippen LogP contribution >= 0.6 is 11.5 Å². The number of fused-ring (bicyclic) bond motifs is 1. The standard InChI is InChI=1S/C27H35NO2S/c1-19(15-16-23-21(3)12-9-17-27(23,4)5)10-8-11-20(2)18-25(29)28-26(30)22-13-6-7-14-24(22)31-28/h8,10-11,15-16,18H,6-7,9,12-14,17H2,1-5H3/b11-8+,16-15+,19-10+,20-18+. The van der Waals surface area contributed by atoms with Gasteiger partial charge in [-0.1, -0.05) is 66.9 Å². The second-order valence-corrected chi connectivity index (χ2v) is 10.6. The van der Waals surface area contributed by atoms with Crippen molar-refractivity contribution in [2.75, 3.05) is 0 Å². The van der Waals surface area contributed by atoms with E-state index in [9.17, 15) is 9.59 Å². The minimum atomic E-state index is -0.242. The van der Waals surface area contributed by atoms with Gasteiger partial charge in [0.1, 0.15) is 0 Å². The predicted octanol–water partition coefficient (Wildman–Crippen LogP) is 6.96. The van der Waals surface area contributed by atoms with Crippen molar-refractivity contribution in [2.24, 2.45) is 5.41 Å². The third-order valence-electron chi connectivity index (χ3n) is 6.39. The number of rotatable bonds is 5. The fourth-order valence-electron chi connectivity index (χ4n) is 4.56. The van der Waals surface area contributed by atoms with Crippen molar-refractivity contribution in [2.45, 2.75) is 79.6 Å². The Morgan fingerprint density at radius 2 is 1.77 bits per heavy atom. The van der Waals surface area contributed by atoms with Crippen LogP contribution in [0.15, 0.2) is 63.5 Å². The molecule has 0 amide bonds. The molecule has 0 spiro atoms. The van der Waals surface area contributed by atoms with Gasteiger partial charge in [0.05, 0.1) is 0 Å². The van der Waals surface area contributed by atoms with E-state index in [1.54, 1.807) is 6.08 Å². The Morgan fingerprint density at radius 1 is 1.03 bits per heavy atom. The Balaban J connectivity index is 1.66. The topological polar surface area (TPSA) is 39.1 Å². The lowest BCUT2D eigenvalue weighted by Crippen LogP contribution is -2.22. The van der Waals surface area contributed by atoms with E-state index in [1.165, 1.54) is 51.5 Å². The van der Waals surface area contributed by atoms with Crippen LogP contribution in [0.4, 0.5) is 0 Å². The van der Waals surface area contributed by atoms with E-state index in [0.717, 1.165) is 41.7 Å². The lowest BCUT2D eigenvalue weighted by molar-refractivity contribution is 0.0976. The molecule has 0 unspecified atom stereocenters. The molecule has 0 fully saturated rings. The van der Waals surface area contributed by atoms with Gasteiger partial charge in [-0.2, -0.15) is 3.96 Å². The third-order valence-corrected chi connectivity index (χ3v) is 7.59. The molecule has 166 valence electrons. The minimum Gasteiger partial charge on any atom is -0.268 e. The van der Waals surface area contributed by atoms with Gasteiger partial charge < -0.3 is 0 Å². The number of carbonyl (C=O) groups excluding carboxylic acids is 1. The zero-order chi connectivity index (χ0) is 22.6. The Bertz CT molecular complexity index is 1050. The molecule has 3 nitrogen and oxygen atoms in total. The van der Waals surface area contributed by atoms with E-state index in [2.05, 4.69) is 45.9 Å². The Morgan fingerprint density at radius 3 is 2.48 bits per heavy atom. The number of allylic oxidation sites excluding steroid dienone is 10. The van der Waals surface area contributed by atoms with Crippen molar-refractivity contribution in [1.29, 1.82) is 0 Å². The molecule has 0 N–H and O–H groups in total. The third kappa shape index (κ3) is 5.74. The van der Waals surface area contributed by atoms with Gasteiger partial charge in [0, 0.05) is 16.5 Å². The summed E-state index contributed by atoms with van der Waals surface area (Å²) in [7, 11) is 0. The molecule has 0 radical (unpaired) electrons. The summed E-state index contributed by atoms with van der Waals surface area (Å²) in [5.41, 5.74) is 5.94. The normalized spacial score (nSPS) is 20.0. The molecular weight excluding hydrogens is 402 g/mol. The van der Waals surface area contributed by atoms with Crippen LogP contribution in [-0.4, -0.2) is 9.86 Å². The summed E-state index contributed by atoms with van der Waals surface area (Å²) in [5.74, 6) is -0.242. The molecule has 31 heavy (non-hydrogen) atoms. The molecule has 4 heteroatoms. The summed E-state index contributed by atoms with van der Waals surface area (Å²) in [5, 5.41) is 0. The maximum Gasteiger partial charge on any atom is 0.271 e. The van der Waals surface area contributed by atoms with Crippen LogP contribution in [0, 0.1) is 5.41 Å². The second-order valence-electron chi connectivity index (χ2n) is 9.56. The van der Waals surface area contributed by atoms with Crippen molar-refractivity contribution >= 4 is 17.4 Å². The quantitative estimate of drug-likeness (QED) is 0.369. The maximum atomic E-state index is 12.6. The second kappa shape index (κ2) is 9.95. The fraction of sp³-hybridized carbons (Fsp3) is 0.481. The number of aryl methyl sites for hydroxylation is 1. The molecule has 2 aliphatic rings. The van der Waals surface area contributed by atoms with Crippen LogP contribution in [-0.2, 0) is 12.8 Å². The zero-order valence-electron chi connectivity index (χ0n) is 19.6. The maximum absolute atomic E-state index is 12.6. The largest absolute Gasteiger partial charge is 0.271 e. The molecule has 0 atom stereocenters. The van der Waals surface area contributed by atoms with E-state index in [4.69, 9.17) is 0 Å². The van der Waals surface area contributed by atoms with E-state index in [1.807, 2.05) is 19.1 Å². The molecule has 1 aromatic heterocycles. The van der Waals surface area contributed by atoms with Crippen LogP contribution in [0.2, 0.25) is 0 Å². The van der Waals surface area contributed by atoms with Gasteiger partial charge in [-0.3, -0.25) is 9.59 Å². The summed E-state index contributed by atoms with van der Waals surface area (Å²) in [4.78, 5) is 26.2. The van der Waals surface area contributed by atoms with Gasteiger partial charge in [0.15, 0.2) is 0 Å². The van der Waals surface area contributed by atoms with Crippen molar-refractivity contribution in [3.8, 4) is 0 Å². The zero-order valence-corrected chi connectivity index (χ0v) is 20.4. The summed E-state index contributed by atoms with van der Waals surface area (Å²) in [6, 6.07) is 0. The number of nitrogens with zero attached hydrogens (tertiary/aromatic N) is 1. The first kappa shape index (κ1) is 23.5. The SMILES string of the molecule is CC1=C(/C=C/C(C)=C/C=C/C(C)=C/C(=O)n2sc3c(c2=O)CCCC3)C(C)(C)CCC1. The van der Waals surface area contributed by atoms with Crippen LogP contribution < -0.4 is 5.56 Å². The number of hydrogen-bond acceptors (Lipinski definition) is 3. The first-order valence-corrected chi connectivity index (χ1v) is 12.2. The summed E-state index contributed by atoms with van der Waals surface area (Å²) in [6.45, 7) is 10.9. The molecule has 0 bridgehead atoms. The highest BCUT2D eigenvalue weighted by atomic mass is 32.1. The predicted molar refractivity (Wildman–Crippen MR) is 132 cm³/mol. The highest BCUT2D eigenvalue weighted by Crippen LogP contribution is 2.40. The van der Waals surface area contributed by atoms with Gasteiger partial charge in [0.2, 0.25) is 0 Å². The summed E-state index contributed by atoms with van der Waals surface area (Å²) >= 11 is 1.32. The van der Waals surface area contributed by atoms with Gasteiger partial charge in [-0.15, -0.1) is 0 Å². The fourth-order valence-corrected chi connectivity index (χ4v) is 5.65. The smallest absolute Gasteiger partial charge is 0.268 e. The first-order valence-electron chi connectivity index (χ1n) is 11.4. The van der Waals surface area contributed by atoms with Gasteiger partial charge in [-0.25, -0.2) is 0 Å². The lowest BCUT2D eigenvalue weighted by Gasteiger charge is -2.32. The average Bonchev–Trinajstić information content (AvgIpc) is 3.04. The number of carbonyl (C=O) groups is 1. The highest BCUT2D eigenvalue weighted by Gasteiger charge is 2.26. The molecule has 1 heterocycles. The van der Waals surface area contributed by atoms with E-state index in [-0.39, 0.29) is 16.9 Å². The molecule has 3 rings (SSSR count). The molecule has 0 saturated carbocycles.